The molecule has 0 heterocycles. The van der Waals surface area contributed by atoms with Gasteiger partial charge in [-0.05, 0) is 36.4 Å². The van der Waals surface area contributed by atoms with E-state index in [9.17, 15) is 18.0 Å². The van der Waals surface area contributed by atoms with Gasteiger partial charge in [0, 0.05) is 6.26 Å². The Morgan fingerprint density at radius 3 is 2.36 bits per heavy atom. The van der Waals surface area contributed by atoms with Gasteiger partial charge in [-0.1, -0.05) is 12.1 Å². The molecule has 7 nitrogen and oxygen atoms in total. The van der Waals surface area contributed by atoms with Gasteiger partial charge in [0.05, 0.1) is 21.7 Å². The van der Waals surface area contributed by atoms with Crippen molar-refractivity contribution >= 4 is 27.4 Å². The van der Waals surface area contributed by atoms with Gasteiger partial charge in [0.15, 0.2) is 16.4 Å². The number of hydrogen-bond donors (Lipinski definition) is 1. The first-order chi connectivity index (χ1) is 11.8. The summed E-state index contributed by atoms with van der Waals surface area (Å²) in [6.07, 6.45) is 1.06. The van der Waals surface area contributed by atoms with Gasteiger partial charge in [-0.3, -0.25) is 4.79 Å². The van der Waals surface area contributed by atoms with Crippen LogP contribution in [0.4, 0.5) is 5.69 Å². The number of hydrogen-bond acceptors (Lipinski definition) is 6. The minimum atomic E-state index is -3.35. The number of nitrogens with one attached hydrogen (secondary N) is 1. The molecule has 128 valence electrons. The molecule has 8 heteroatoms. The van der Waals surface area contributed by atoms with Crippen molar-refractivity contribution in [2.45, 2.75) is 4.90 Å². The largest absolute Gasteiger partial charge is 0.452 e. The van der Waals surface area contributed by atoms with Crippen LogP contribution in [0.15, 0.2) is 53.4 Å². The molecule has 25 heavy (non-hydrogen) atoms. The van der Waals surface area contributed by atoms with Crippen LogP contribution in [-0.4, -0.2) is 33.2 Å². The Labute approximate surface area is 144 Å². The fraction of sp³-hybridized carbons (Fsp3) is 0.118. The molecule has 0 aromatic heterocycles. The Balaban J connectivity index is 1.95. The lowest BCUT2D eigenvalue weighted by Crippen LogP contribution is -2.21. The Hall–Kier alpha value is -3.18. The van der Waals surface area contributed by atoms with E-state index in [-0.39, 0.29) is 10.5 Å². The first-order valence-corrected chi connectivity index (χ1v) is 8.96. The molecule has 2 aromatic carbocycles. The molecule has 0 saturated carbocycles. The van der Waals surface area contributed by atoms with Crippen molar-refractivity contribution in [1.82, 2.24) is 0 Å². The smallest absolute Gasteiger partial charge is 0.338 e. The van der Waals surface area contributed by atoms with E-state index in [1.165, 1.54) is 24.3 Å². The number of nitrogens with zero attached hydrogens (tertiary/aromatic N) is 1. The van der Waals surface area contributed by atoms with E-state index in [1.54, 1.807) is 24.3 Å². The minimum absolute atomic E-state index is 0.0786. The molecule has 0 aliphatic rings. The van der Waals surface area contributed by atoms with Gasteiger partial charge >= 0.3 is 5.97 Å². The van der Waals surface area contributed by atoms with Crippen molar-refractivity contribution in [2.75, 3.05) is 18.2 Å². The highest BCUT2D eigenvalue weighted by Gasteiger charge is 2.13. The number of para-hydroxylation sites is 1. The van der Waals surface area contributed by atoms with E-state index in [0.29, 0.717) is 11.3 Å². The molecule has 0 aliphatic heterocycles. The average Bonchev–Trinajstić information content (AvgIpc) is 2.59. The second kappa shape index (κ2) is 7.59. The quantitative estimate of drug-likeness (QED) is 0.815. The van der Waals surface area contributed by atoms with Crippen LogP contribution in [-0.2, 0) is 19.4 Å². The Kier molecular flexibility index (Phi) is 5.52. The number of nitriles is 1. The summed E-state index contributed by atoms with van der Waals surface area (Å²) in [7, 11) is -3.35. The summed E-state index contributed by atoms with van der Waals surface area (Å²) in [5.41, 5.74) is 0.736. The Morgan fingerprint density at radius 2 is 1.76 bits per heavy atom. The second-order valence-corrected chi connectivity index (χ2v) is 7.09. The normalized spacial score (nSPS) is 10.6. The van der Waals surface area contributed by atoms with Crippen LogP contribution in [0.1, 0.15) is 15.9 Å². The van der Waals surface area contributed by atoms with E-state index in [4.69, 9.17) is 10.00 Å². The van der Waals surface area contributed by atoms with Crippen molar-refractivity contribution < 1.29 is 22.7 Å². The van der Waals surface area contributed by atoms with Crippen molar-refractivity contribution in [1.29, 1.82) is 5.26 Å². The molecule has 0 fully saturated rings. The van der Waals surface area contributed by atoms with Crippen LogP contribution < -0.4 is 5.32 Å². The minimum Gasteiger partial charge on any atom is -0.452 e. The zero-order chi connectivity index (χ0) is 18.4. The van der Waals surface area contributed by atoms with Crippen LogP contribution in [0.25, 0.3) is 0 Å². The molecule has 1 N–H and O–H groups in total. The van der Waals surface area contributed by atoms with E-state index in [0.717, 1.165) is 6.26 Å². The monoisotopic (exact) mass is 358 g/mol. The summed E-state index contributed by atoms with van der Waals surface area (Å²) < 4.78 is 27.6. The summed E-state index contributed by atoms with van der Waals surface area (Å²) in [6, 6.07) is 13.5. The fourth-order valence-electron chi connectivity index (χ4n) is 1.93. The van der Waals surface area contributed by atoms with Crippen molar-refractivity contribution in [3.63, 3.8) is 0 Å². The van der Waals surface area contributed by atoms with Crippen LogP contribution in [0, 0.1) is 11.3 Å². The van der Waals surface area contributed by atoms with Gasteiger partial charge in [-0.25, -0.2) is 13.2 Å². The van der Waals surface area contributed by atoms with Crippen LogP contribution in [0.3, 0.4) is 0 Å². The molecule has 2 aromatic rings. The van der Waals surface area contributed by atoms with Gasteiger partial charge in [0.2, 0.25) is 0 Å². The maximum absolute atomic E-state index is 11.9. The topological polar surface area (TPSA) is 113 Å². The van der Waals surface area contributed by atoms with E-state index >= 15 is 0 Å². The third kappa shape index (κ3) is 4.89. The SMILES string of the molecule is CS(=O)(=O)c1ccc(C(=O)OCC(=O)Nc2ccccc2C#N)cc1. The summed E-state index contributed by atoms with van der Waals surface area (Å²) in [5, 5.41) is 11.4. The molecule has 0 spiro atoms. The maximum atomic E-state index is 11.9. The van der Waals surface area contributed by atoms with Crippen molar-refractivity contribution in [3.05, 3.63) is 59.7 Å². The summed E-state index contributed by atoms with van der Waals surface area (Å²) in [5.74, 6) is -1.35. The molecule has 0 aliphatic carbocycles. The summed E-state index contributed by atoms with van der Waals surface area (Å²) >= 11 is 0. The lowest BCUT2D eigenvalue weighted by molar-refractivity contribution is -0.119. The molecule has 2 rings (SSSR count). The van der Waals surface area contributed by atoms with Gasteiger partial charge in [0.1, 0.15) is 6.07 Å². The number of sulfone groups is 1. The zero-order valence-electron chi connectivity index (χ0n) is 13.2. The number of ether oxygens (including phenoxy) is 1. The van der Waals surface area contributed by atoms with E-state index < -0.39 is 28.3 Å². The van der Waals surface area contributed by atoms with Crippen LogP contribution >= 0.6 is 0 Å². The molecule has 0 saturated heterocycles. The highest BCUT2D eigenvalue weighted by molar-refractivity contribution is 7.90. The third-order valence-corrected chi connectivity index (χ3v) is 4.30. The first-order valence-electron chi connectivity index (χ1n) is 7.07. The molecular weight excluding hydrogens is 344 g/mol. The number of anilines is 1. The summed E-state index contributed by atoms with van der Waals surface area (Å²) in [4.78, 5) is 23.8. The number of amides is 1. The van der Waals surface area contributed by atoms with E-state index in [2.05, 4.69) is 5.32 Å². The van der Waals surface area contributed by atoms with Crippen LogP contribution in [0.5, 0.6) is 0 Å². The lowest BCUT2D eigenvalue weighted by atomic mass is 10.2. The maximum Gasteiger partial charge on any atom is 0.338 e. The van der Waals surface area contributed by atoms with Gasteiger partial charge in [0.25, 0.3) is 5.91 Å². The molecule has 0 radical (unpaired) electrons. The van der Waals surface area contributed by atoms with Gasteiger partial charge in [-0.15, -0.1) is 0 Å². The van der Waals surface area contributed by atoms with Crippen molar-refractivity contribution in [3.8, 4) is 6.07 Å². The highest BCUT2D eigenvalue weighted by atomic mass is 32.2. The Morgan fingerprint density at radius 1 is 1.12 bits per heavy atom. The summed E-state index contributed by atoms with van der Waals surface area (Å²) in [6.45, 7) is -0.535. The van der Waals surface area contributed by atoms with Crippen LogP contribution in [0.2, 0.25) is 0 Å². The number of rotatable bonds is 5. The average molecular weight is 358 g/mol. The number of benzene rings is 2. The second-order valence-electron chi connectivity index (χ2n) is 5.08. The standard InChI is InChI=1S/C17H14N2O5S/c1-25(22,23)14-8-6-12(7-9-14)17(21)24-11-16(20)19-15-5-3-2-4-13(15)10-18/h2-9H,11H2,1H3,(H,19,20). The van der Waals surface area contributed by atoms with Gasteiger partial charge < -0.3 is 10.1 Å². The Bertz CT molecular complexity index is 944. The number of carbonyl (C=O) groups is 2. The molecule has 0 bridgehead atoms. The van der Waals surface area contributed by atoms with Crippen molar-refractivity contribution in [2.24, 2.45) is 0 Å². The molecule has 0 unspecified atom stereocenters. The molecule has 0 atom stereocenters. The fourth-order valence-corrected chi connectivity index (χ4v) is 2.56. The van der Waals surface area contributed by atoms with E-state index in [1.807, 2.05) is 6.07 Å². The predicted molar refractivity (Wildman–Crippen MR) is 89.6 cm³/mol. The third-order valence-electron chi connectivity index (χ3n) is 3.17. The highest BCUT2D eigenvalue weighted by Crippen LogP contribution is 2.14. The first kappa shape index (κ1) is 18.2. The predicted octanol–water partition coefficient (Wildman–Crippen LogP) is 1.76. The zero-order valence-corrected chi connectivity index (χ0v) is 14.0. The molecule has 1 amide bonds. The lowest BCUT2D eigenvalue weighted by Gasteiger charge is -2.08. The molecular formula is C17H14N2O5S. The number of esters is 1. The van der Waals surface area contributed by atoms with Gasteiger partial charge in [-0.2, -0.15) is 5.26 Å². The number of carbonyl (C=O) groups excluding carboxylic acids is 2.